The average Bonchev–Trinajstić information content (AvgIpc) is 3.44. The van der Waals surface area contributed by atoms with Crippen LogP contribution in [0.4, 0.5) is 11.6 Å². The van der Waals surface area contributed by atoms with E-state index in [1.807, 2.05) is 54.1 Å². The molecule has 10 heteroatoms. The molecule has 0 saturated carbocycles. The molecule has 1 aliphatic rings. The van der Waals surface area contributed by atoms with Crippen LogP contribution < -0.4 is 20.7 Å². The SMILES string of the molecule is COCC1CC(NC(=O)c2cc(Oc3ccc4c(c3)nc(Nc3ccc(Br)cc3)n4C)ccn2)CN1. The summed E-state index contributed by atoms with van der Waals surface area (Å²) in [4.78, 5) is 21.7. The first-order valence-corrected chi connectivity index (χ1v) is 12.4. The minimum absolute atomic E-state index is 0.0378. The van der Waals surface area contributed by atoms with E-state index in [0.29, 0.717) is 30.3 Å². The van der Waals surface area contributed by atoms with Crippen LogP contribution in [-0.4, -0.2) is 52.8 Å². The van der Waals surface area contributed by atoms with E-state index in [-0.39, 0.29) is 18.0 Å². The van der Waals surface area contributed by atoms with Gasteiger partial charge in [0, 0.05) is 61.3 Å². The number of fused-ring (bicyclic) bond motifs is 1. The van der Waals surface area contributed by atoms with Gasteiger partial charge in [-0.25, -0.2) is 4.98 Å². The molecule has 1 fully saturated rings. The number of methoxy groups -OCH3 is 1. The molecule has 9 nitrogen and oxygen atoms in total. The summed E-state index contributed by atoms with van der Waals surface area (Å²) in [5.41, 5.74) is 3.01. The predicted octanol–water partition coefficient (Wildman–Crippen LogP) is 4.37. The number of hydrogen-bond acceptors (Lipinski definition) is 7. The molecular weight excluding hydrogens is 524 g/mol. The molecule has 1 amide bonds. The molecule has 1 aliphatic heterocycles. The largest absolute Gasteiger partial charge is 0.457 e. The predicted molar refractivity (Wildman–Crippen MR) is 142 cm³/mol. The van der Waals surface area contributed by atoms with Gasteiger partial charge in [0.1, 0.15) is 17.2 Å². The Morgan fingerprint density at radius 3 is 2.78 bits per heavy atom. The maximum Gasteiger partial charge on any atom is 0.270 e. The molecule has 0 bridgehead atoms. The summed E-state index contributed by atoms with van der Waals surface area (Å²) in [5, 5.41) is 9.72. The number of ether oxygens (including phenoxy) is 2. The topological polar surface area (TPSA) is 102 Å². The number of aromatic nitrogens is 3. The number of anilines is 2. The van der Waals surface area contributed by atoms with Crippen molar-refractivity contribution in [1.29, 1.82) is 0 Å². The monoisotopic (exact) mass is 550 g/mol. The lowest BCUT2D eigenvalue weighted by atomic mass is 10.2. The Bertz CT molecular complexity index is 1370. The number of carbonyl (C=O) groups excluding carboxylic acids is 1. The zero-order valence-corrected chi connectivity index (χ0v) is 21.6. The van der Waals surface area contributed by atoms with Crippen molar-refractivity contribution in [3.8, 4) is 11.5 Å². The van der Waals surface area contributed by atoms with Gasteiger partial charge in [-0.05, 0) is 48.9 Å². The Morgan fingerprint density at radius 2 is 1.97 bits per heavy atom. The lowest BCUT2D eigenvalue weighted by molar-refractivity contribution is 0.0933. The number of hydrogen-bond donors (Lipinski definition) is 3. The second-order valence-electron chi connectivity index (χ2n) is 8.72. The number of benzene rings is 2. The maximum absolute atomic E-state index is 12.7. The van der Waals surface area contributed by atoms with Crippen LogP contribution >= 0.6 is 15.9 Å². The van der Waals surface area contributed by atoms with Crippen molar-refractivity contribution in [2.75, 3.05) is 25.6 Å². The van der Waals surface area contributed by atoms with Gasteiger partial charge in [0.2, 0.25) is 5.95 Å². The quantitative estimate of drug-likeness (QED) is 0.299. The van der Waals surface area contributed by atoms with Crippen molar-refractivity contribution in [2.45, 2.75) is 18.5 Å². The van der Waals surface area contributed by atoms with Crippen molar-refractivity contribution < 1.29 is 14.3 Å². The number of pyridine rings is 1. The maximum atomic E-state index is 12.7. The van der Waals surface area contributed by atoms with Crippen LogP contribution in [0.5, 0.6) is 11.5 Å². The molecule has 5 rings (SSSR count). The molecule has 0 aliphatic carbocycles. The van der Waals surface area contributed by atoms with Gasteiger partial charge in [0.05, 0.1) is 17.6 Å². The number of nitrogens with zero attached hydrogens (tertiary/aromatic N) is 3. The number of amides is 1. The molecule has 0 radical (unpaired) electrons. The van der Waals surface area contributed by atoms with E-state index in [0.717, 1.165) is 33.6 Å². The van der Waals surface area contributed by atoms with E-state index in [1.54, 1.807) is 25.4 Å². The van der Waals surface area contributed by atoms with Crippen molar-refractivity contribution in [1.82, 2.24) is 25.2 Å². The van der Waals surface area contributed by atoms with Crippen LogP contribution in [0.15, 0.2) is 65.3 Å². The summed E-state index contributed by atoms with van der Waals surface area (Å²) in [6.45, 7) is 1.33. The fraction of sp³-hybridized carbons (Fsp3) is 0.269. The fourth-order valence-electron chi connectivity index (χ4n) is 4.27. The van der Waals surface area contributed by atoms with Crippen LogP contribution in [-0.2, 0) is 11.8 Å². The molecule has 36 heavy (non-hydrogen) atoms. The van der Waals surface area contributed by atoms with Gasteiger partial charge in [-0.2, -0.15) is 0 Å². The Morgan fingerprint density at radius 1 is 1.17 bits per heavy atom. The lowest BCUT2D eigenvalue weighted by Gasteiger charge is -2.12. The van der Waals surface area contributed by atoms with E-state index in [1.165, 1.54) is 0 Å². The molecule has 1 saturated heterocycles. The van der Waals surface area contributed by atoms with E-state index < -0.39 is 0 Å². The number of imidazole rings is 1. The lowest BCUT2D eigenvalue weighted by Crippen LogP contribution is -2.36. The number of halogens is 1. The third-order valence-corrected chi connectivity index (χ3v) is 6.61. The second kappa shape index (κ2) is 10.7. The van der Waals surface area contributed by atoms with Crippen LogP contribution in [0.25, 0.3) is 11.0 Å². The highest BCUT2D eigenvalue weighted by molar-refractivity contribution is 9.10. The van der Waals surface area contributed by atoms with Crippen LogP contribution in [0.1, 0.15) is 16.9 Å². The Labute approximate surface area is 217 Å². The molecule has 4 aromatic rings. The summed E-state index contributed by atoms with van der Waals surface area (Å²) in [6, 6.07) is 17.3. The average molecular weight is 551 g/mol. The van der Waals surface area contributed by atoms with Gasteiger partial charge < -0.3 is 30.0 Å². The highest BCUT2D eigenvalue weighted by atomic mass is 79.9. The standard InChI is InChI=1S/C26H27BrN6O3/c1-33-24-8-7-20(12-22(24)32-26(33)31-17-5-3-16(27)4-6-17)36-21-9-10-28-23(13-21)25(34)30-18-11-19(15-35-2)29-14-18/h3-10,12-13,18-19,29H,11,14-15H2,1-2H3,(H,30,34)(H,31,32). The zero-order chi connectivity index (χ0) is 25.1. The third kappa shape index (κ3) is 5.51. The summed E-state index contributed by atoms with van der Waals surface area (Å²) >= 11 is 3.45. The Balaban J connectivity index is 1.27. The van der Waals surface area contributed by atoms with Crippen LogP contribution in [0.2, 0.25) is 0 Å². The Hall–Kier alpha value is -3.47. The first kappa shape index (κ1) is 24.2. The summed E-state index contributed by atoms with van der Waals surface area (Å²) in [7, 11) is 3.64. The zero-order valence-electron chi connectivity index (χ0n) is 20.0. The molecule has 2 unspecified atom stereocenters. The molecule has 2 atom stereocenters. The van der Waals surface area contributed by atoms with Crippen molar-refractivity contribution in [3.05, 3.63) is 71.0 Å². The normalized spacial score (nSPS) is 17.3. The van der Waals surface area contributed by atoms with E-state index in [2.05, 4.69) is 36.9 Å². The molecule has 0 spiro atoms. The molecule has 3 N–H and O–H groups in total. The van der Waals surface area contributed by atoms with Gasteiger partial charge in [0.25, 0.3) is 5.91 Å². The van der Waals surface area contributed by atoms with Crippen molar-refractivity contribution in [2.24, 2.45) is 7.05 Å². The van der Waals surface area contributed by atoms with Gasteiger partial charge in [-0.15, -0.1) is 0 Å². The third-order valence-electron chi connectivity index (χ3n) is 6.08. The second-order valence-corrected chi connectivity index (χ2v) is 9.64. The first-order chi connectivity index (χ1) is 17.5. The number of nitrogens with one attached hydrogen (secondary N) is 3. The van der Waals surface area contributed by atoms with Crippen molar-refractivity contribution in [3.63, 3.8) is 0 Å². The molecule has 186 valence electrons. The van der Waals surface area contributed by atoms with Gasteiger partial charge in [0.15, 0.2) is 0 Å². The first-order valence-electron chi connectivity index (χ1n) is 11.6. The minimum Gasteiger partial charge on any atom is -0.457 e. The fourth-order valence-corrected chi connectivity index (χ4v) is 4.53. The van der Waals surface area contributed by atoms with Gasteiger partial charge >= 0.3 is 0 Å². The molecule has 3 heterocycles. The number of carbonyl (C=O) groups is 1. The summed E-state index contributed by atoms with van der Waals surface area (Å²) in [6.07, 6.45) is 2.39. The van der Waals surface area contributed by atoms with Crippen molar-refractivity contribution >= 4 is 44.5 Å². The molecule has 2 aromatic carbocycles. The number of aryl methyl sites for hydroxylation is 1. The van der Waals surface area contributed by atoms with E-state index >= 15 is 0 Å². The highest BCUT2D eigenvalue weighted by Gasteiger charge is 2.25. The minimum atomic E-state index is -0.228. The highest BCUT2D eigenvalue weighted by Crippen LogP contribution is 2.28. The molecule has 2 aromatic heterocycles. The van der Waals surface area contributed by atoms with E-state index in [9.17, 15) is 4.79 Å². The van der Waals surface area contributed by atoms with E-state index in [4.69, 9.17) is 14.5 Å². The van der Waals surface area contributed by atoms with Gasteiger partial charge in [-0.3, -0.25) is 9.78 Å². The number of rotatable bonds is 8. The summed E-state index contributed by atoms with van der Waals surface area (Å²) < 4.78 is 14.2. The summed E-state index contributed by atoms with van der Waals surface area (Å²) in [5.74, 6) is 1.65. The molecular formula is C26H27BrN6O3. The van der Waals surface area contributed by atoms with Crippen LogP contribution in [0.3, 0.4) is 0 Å². The smallest absolute Gasteiger partial charge is 0.270 e. The van der Waals surface area contributed by atoms with Gasteiger partial charge in [-0.1, -0.05) is 15.9 Å². The van der Waals surface area contributed by atoms with Crippen LogP contribution in [0, 0.1) is 0 Å². The Kier molecular flexibility index (Phi) is 7.17.